The third-order valence-corrected chi connectivity index (χ3v) is 5.51. The molecule has 0 heterocycles. The zero-order chi connectivity index (χ0) is 16.4. The second-order valence-electron chi connectivity index (χ2n) is 6.59. The van der Waals surface area contributed by atoms with Gasteiger partial charge in [-0.3, -0.25) is 0 Å². The van der Waals surface area contributed by atoms with E-state index in [0.717, 1.165) is 15.6 Å². The van der Waals surface area contributed by atoms with Gasteiger partial charge in [-0.1, -0.05) is 29.8 Å². The fourth-order valence-corrected chi connectivity index (χ4v) is 4.24. The molecule has 0 fully saturated rings. The Morgan fingerprint density at radius 1 is 1.24 bits per heavy atom. The summed E-state index contributed by atoms with van der Waals surface area (Å²) in [6.45, 7) is 12.1. The molecule has 0 atom stereocenters. The van der Waals surface area contributed by atoms with Crippen molar-refractivity contribution in [3.8, 4) is 0 Å². The lowest BCUT2D eigenvalue weighted by Gasteiger charge is -2.22. The largest absolute Gasteiger partial charge is 0.310 e. The Bertz CT molecular complexity index is 605. The summed E-state index contributed by atoms with van der Waals surface area (Å²) >= 11 is 3.46. The minimum atomic E-state index is -3.54. The molecule has 1 aromatic carbocycles. The summed E-state index contributed by atoms with van der Waals surface area (Å²) in [5.41, 5.74) is 1.15. The summed E-state index contributed by atoms with van der Waals surface area (Å²) in [5.74, 6) is 0. The molecule has 1 rings (SSSR count). The quantitative estimate of drug-likeness (QED) is 0.828. The van der Waals surface area contributed by atoms with Crippen molar-refractivity contribution < 1.29 is 8.42 Å². The van der Waals surface area contributed by atoms with E-state index in [1.807, 2.05) is 26.8 Å². The van der Waals surface area contributed by atoms with Gasteiger partial charge >= 0.3 is 0 Å². The summed E-state index contributed by atoms with van der Waals surface area (Å²) in [7, 11) is -3.54. The maximum absolute atomic E-state index is 12.6. The Morgan fingerprint density at radius 2 is 1.81 bits per heavy atom. The predicted octanol–water partition coefficient (Wildman–Crippen LogP) is 3.33. The molecule has 0 radical (unpaired) electrons. The minimum absolute atomic E-state index is 0.326. The monoisotopic (exact) mass is 376 g/mol. The van der Waals surface area contributed by atoms with E-state index in [1.54, 1.807) is 13.0 Å². The van der Waals surface area contributed by atoms with Gasteiger partial charge in [-0.15, -0.1) is 0 Å². The molecule has 0 aromatic heterocycles. The summed E-state index contributed by atoms with van der Waals surface area (Å²) in [6.07, 6.45) is 0. The van der Waals surface area contributed by atoms with Crippen LogP contribution in [0.25, 0.3) is 0 Å². The Balaban J connectivity index is 3.22. The second-order valence-corrected chi connectivity index (χ2v) is 9.10. The number of halogens is 1. The number of hydrogen-bond donors (Lipinski definition) is 2. The van der Waals surface area contributed by atoms with E-state index >= 15 is 0 Å². The van der Waals surface area contributed by atoms with Crippen molar-refractivity contribution in [1.29, 1.82) is 0 Å². The maximum Gasteiger partial charge on any atom is 0.241 e. The number of benzene rings is 1. The van der Waals surface area contributed by atoms with Crippen LogP contribution in [0.15, 0.2) is 21.5 Å². The Labute approximate surface area is 136 Å². The van der Waals surface area contributed by atoms with Crippen LogP contribution in [0.2, 0.25) is 0 Å². The van der Waals surface area contributed by atoms with Gasteiger partial charge in [0.05, 0.1) is 4.90 Å². The smallest absolute Gasteiger partial charge is 0.241 e. The third-order valence-electron chi connectivity index (χ3n) is 2.80. The molecular weight excluding hydrogens is 352 g/mol. The van der Waals surface area contributed by atoms with Crippen LogP contribution in [0.1, 0.15) is 45.7 Å². The van der Waals surface area contributed by atoms with Gasteiger partial charge in [0.1, 0.15) is 0 Å². The zero-order valence-electron chi connectivity index (χ0n) is 13.5. The molecule has 0 spiro atoms. The van der Waals surface area contributed by atoms with Gasteiger partial charge in [-0.05, 0) is 51.0 Å². The van der Waals surface area contributed by atoms with E-state index in [0.29, 0.717) is 17.5 Å². The summed E-state index contributed by atoms with van der Waals surface area (Å²) in [5, 5.41) is 3.30. The molecule has 0 amide bonds. The molecule has 0 bridgehead atoms. The third kappa shape index (κ3) is 5.70. The van der Waals surface area contributed by atoms with Crippen LogP contribution in [0.3, 0.4) is 0 Å². The van der Waals surface area contributed by atoms with Crippen LogP contribution in [-0.4, -0.2) is 20.0 Å². The maximum atomic E-state index is 12.6. The van der Waals surface area contributed by atoms with Crippen molar-refractivity contribution in [3.05, 3.63) is 27.7 Å². The Hall–Kier alpha value is -0.430. The van der Waals surface area contributed by atoms with Crippen LogP contribution in [0.4, 0.5) is 0 Å². The molecule has 0 aliphatic rings. The van der Waals surface area contributed by atoms with Crippen molar-refractivity contribution in [2.75, 3.05) is 0 Å². The van der Waals surface area contributed by atoms with Gasteiger partial charge in [-0.25, -0.2) is 13.1 Å². The number of sulfonamides is 1. The molecule has 120 valence electrons. The predicted molar refractivity (Wildman–Crippen MR) is 90.9 cm³/mol. The lowest BCUT2D eigenvalue weighted by molar-refractivity contribution is 0.491. The standard InChI is InChI=1S/C15H25BrN2O2S/c1-10(2)17-9-12-7-13(16)11(3)14(8-12)21(19,20)18-15(4,5)6/h7-8,10,17-18H,9H2,1-6H3. The topological polar surface area (TPSA) is 58.2 Å². The SMILES string of the molecule is Cc1c(Br)cc(CNC(C)C)cc1S(=O)(=O)NC(C)(C)C. The lowest BCUT2D eigenvalue weighted by atomic mass is 10.1. The second kappa shape index (κ2) is 6.77. The number of rotatable bonds is 5. The Kier molecular flexibility index (Phi) is 6.00. The van der Waals surface area contributed by atoms with E-state index in [4.69, 9.17) is 0 Å². The van der Waals surface area contributed by atoms with Gasteiger partial charge in [0.25, 0.3) is 0 Å². The highest BCUT2D eigenvalue weighted by Gasteiger charge is 2.24. The molecule has 0 unspecified atom stereocenters. The molecular formula is C15H25BrN2O2S. The average Bonchev–Trinajstić information content (AvgIpc) is 2.26. The highest BCUT2D eigenvalue weighted by atomic mass is 79.9. The van der Waals surface area contributed by atoms with E-state index < -0.39 is 15.6 Å². The Morgan fingerprint density at radius 3 is 2.29 bits per heavy atom. The number of nitrogens with one attached hydrogen (secondary N) is 2. The van der Waals surface area contributed by atoms with E-state index in [2.05, 4.69) is 39.8 Å². The molecule has 4 nitrogen and oxygen atoms in total. The van der Waals surface area contributed by atoms with Crippen molar-refractivity contribution in [2.24, 2.45) is 0 Å². The molecule has 0 saturated heterocycles. The van der Waals surface area contributed by atoms with Crippen LogP contribution < -0.4 is 10.0 Å². The van der Waals surface area contributed by atoms with Crippen molar-refractivity contribution in [3.63, 3.8) is 0 Å². The zero-order valence-corrected chi connectivity index (χ0v) is 15.9. The fourth-order valence-electron chi connectivity index (χ4n) is 1.87. The molecule has 1 aromatic rings. The molecule has 6 heteroatoms. The molecule has 0 saturated carbocycles. The summed E-state index contributed by atoms with van der Waals surface area (Å²) < 4.78 is 28.6. The van der Waals surface area contributed by atoms with E-state index in [-0.39, 0.29) is 0 Å². The lowest BCUT2D eigenvalue weighted by Crippen LogP contribution is -2.40. The highest BCUT2D eigenvalue weighted by molar-refractivity contribution is 9.10. The van der Waals surface area contributed by atoms with Gasteiger partial charge in [0.15, 0.2) is 0 Å². The molecule has 0 aliphatic heterocycles. The van der Waals surface area contributed by atoms with Gasteiger partial charge in [0.2, 0.25) is 10.0 Å². The van der Waals surface area contributed by atoms with Crippen LogP contribution in [-0.2, 0) is 16.6 Å². The first-order valence-electron chi connectivity index (χ1n) is 6.99. The normalized spacial score (nSPS) is 13.0. The summed E-state index contributed by atoms with van der Waals surface area (Å²) in [6, 6.07) is 4.04. The van der Waals surface area contributed by atoms with Crippen LogP contribution in [0, 0.1) is 6.92 Å². The van der Waals surface area contributed by atoms with Crippen molar-refractivity contribution in [1.82, 2.24) is 10.0 Å². The molecule has 0 aliphatic carbocycles. The first-order valence-corrected chi connectivity index (χ1v) is 9.26. The van der Waals surface area contributed by atoms with Gasteiger partial charge < -0.3 is 5.32 Å². The van der Waals surface area contributed by atoms with Crippen LogP contribution in [0.5, 0.6) is 0 Å². The summed E-state index contributed by atoms with van der Waals surface area (Å²) in [4.78, 5) is 0.326. The molecule has 21 heavy (non-hydrogen) atoms. The minimum Gasteiger partial charge on any atom is -0.310 e. The van der Waals surface area contributed by atoms with Crippen molar-refractivity contribution in [2.45, 2.75) is 64.6 Å². The first kappa shape index (κ1) is 18.6. The average molecular weight is 377 g/mol. The van der Waals surface area contributed by atoms with Gasteiger partial charge in [0, 0.05) is 22.6 Å². The highest BCUT2D eigenvalue weighted by Crippen LogP contribution is 2.26. The van der Waals surface area contributed by atoms with Crippen molar-refractivity contribution >= 4 is 26.0 Å². The fraction of sp³-hybridized carbons (Fsp3) is 0.600. The van der Waals surface area contributed by atoms with Crippen LogP contribution >= 0.6 is 15.9 Å². The molecule has 2 N–H and O–H groups in total. The first-order chi connectivity index (χ1) is 9.42. The van der Waals surface area contributed by atoms with E-state index in [1.165, 1.54) is 0 Å². The number of hydrogen-bond acceptors (Lipinski definition) is 3. The van der Waals surface area contributed by atoms with E-state index in [9.17, 15) is 8.42 Å². The van der Waals surface area contributed by atoms with Gasteiger partial charge in [-0.2, -0.15) is 0 Å².